The van der Waals surface area contributed by atoms with Gasteiger partial charge in [-0.1, -0.05) is 23.2 Å². The first-order chi connectivity index (χ1) is 13.3. The third kappa shape index (κ3) is 6.27. The lowest BCUT2D eigenvalue weighted by Crippen LogP contribution is -2.46. The molecule has 0 aromatic heterocycles. The van der Waals surface area contributed by atoms with E-state index in [4.69, 9.17) is 32.7 Å². The number of likely N-dealkylation sites (tertiary alicyclic amines) is 1. The third-order valence-electron chi connectivity index (χ3n) is 4.51. The number of carbonyl (C=O) groups is 3. The zero-order chi connectivity index (χ0) is 20.7. The molecule has 0 bridgehead atoms. The molecule has 1 fully saturated rings. The van der Waals surface area contributed by atoms with Crippen LogP contribution in [0, 0.1) is 5.92 Å². The van der Waals surface area contributed by atoms with Gasteiger partial charge in [-0.05, 0) is 31.9 Å². The molecule has 9 heteroatoms. The highest BCUT2D eigenvalue weighted by atomic mass is 35.5. The van der Waals surface area contributed by atoms with Crippen LogP contribution in [-0.4, -0.2) is 67.5 Å². The summed E-state index contributed by atoms with van der Waals surface area (Å²) in [6, 6.07) is 4.72. The highest BCUT2D eigenvalue weighted by Crippen LogP contribution is 2.27. The molecule has 28 heavy (non-hydrogen) atoms. The van der Waals surface area contributed by atoms with Crippen LogP contribution >= 0.6 is 23.2 Å². The maximum atomic E-state index is 12.4. The first-order valence-corrected chi connectivity index (χ1v) is 9.83. The van der Waals surface area contributed by atoms with Gasteiger partial charge in [0.25, 0.3) is 5.91 Å². The first kappa shape index (κ1) is 22.3. The van der Waals surface area contributed by atoms with E-state index in [0.29, 0.717) is 48.3 Å². The largest absolute Gasteiger partial charge is 0.482 e. The van der Waals surface area contributed by atoms with Crippen molar-refractivity contribution < 1.29 is 23.9 Å². The predicted molar refractivity (Wildman–Crippen MR) is 106 cm³/mol. The average Bonchev–Trinajstić information content (AvgIpc) is 2.68. The van der Waals surface area contributed by atoms with Gasteiger partial charge in [0.2, 0.25) is 5.91 Å². The van der Waals surface area contributed by atoms with E-state index in [-0.39, 0.29) is 36.9 Å². The van der Waals surface area contributed by atoms with Gasteiger partial charge in [-0.25, -0.2) is 0 Å². The molecule has 7 nitrogen and oxygen atoms in total. The standard InChI is InChI=1S/C19H24Cl2N2O5/c1-3-27-19(26)13-6-8-23(9-7-13)17(24)11-22(2)18(25)12-28-16-10-14(20)4-5-15(16)21/h4-5,10,13H,3,6-9,11-12H2,1-2H3. The van der Waals surface area contributed by atoms with Gasteiger partial charge < -0.3 is 19.3 Å². The van der Waals surface area contributed by atoms with E-state index < -0.39 is 0 Å². The zero-order valence-corrected chi connectivity index (χ0v) is 17.5. The minimum absolute atomic E-state index is 0.0600. The van der Waals surface area contributed by atoms with Crippen molar-refractivity contribution in [3.63, 3.8) is 0 Å². The number of hydrogen-bond donors (Lipinski definition) is 0. The fourth-order valence-corrected chi connectivity index (χ4v) is 3.19. The van der Waals surface area contributed by atoms with E-state index in [0.717, 1.165) is 0 Å². The lowest BCUT2D eigenvalue weighted by molar-refractivity contribution is -0.151. The highest BCUT2D eigenvalue weighted by molar-refractivity contribution is 6.34. The van der Waals surface area contributed by atoms with Gasteiger partial charge in [-0.15, -0.1) is 0 Å². The molecule has 1 aliphatic rings. The summed E-state index contributed by atoms with van der Waals surface area (Å²) in [6.07, 6.45) is 1.14. The number of hydrogen-bond acceptors (Lipinski definition) is 5. The van der Waals surface area contributed by atoms with Gasteiger partial charge >= 0.3 is 5.97 Å². The van der Waals surface area contributed by atoms with Crippen LogP contribution in [0.5, 0.6) is 5.75 Å². The number of carbonyl (C=O) groups excluding carboxylic acids is 3. The summed E-state index contributed by atoms with van der Waals surface area (Å²) in [5.41, 5.74) is 0. The van der Waals surface area contributed by atoms with Crippen molar-refractivity contribution in [3.8, 4) is 5.75 Å². The molecule has 2 amide bonds. The number of piperidine rings is 1. The fourth-order valence-electron chi connectivity index (χ4n) is 2.85. The summed E-state index contributed by atoms with van der Waals surface area (Å²) in [7, 11) is 1.54. The number of amides is 2. The van der Waals surface area contributed by atoms with E-state index in [9.17, 15) is 14.4 Å². The van der Waals surface area contributed by atoms with Gasteiger partial charge in [0.15, 0.2) is 6.61 Å². The number of halogens is 2. The Morgan fingerprint density at radius 1 is 1.21 bits per heavy atom. The van der Waals surface area contributed by atoms with Crippen molar-refractivity contribution in [1.29, 1.82) is 0 Å². The van der Waals surface area contributed by atoms with Crippen molar-refractivity contribution in [1.82, 2.24) is 9.80 Å². The topological polar surface area (TPSA) is 76.2 Å². The molecule has 1 aromatic carbocycles. The highest BCUT2D eigenvalue weighted by Gasteiger charge is 2.29. The molecule has 0 unspecified atom stereocenters. The van der Waals surface area contributed by atoms with Crippen molar-refractivity contribution >= 4 is 41.0 Å². The van der Waals surface area contributed by atoms with Gasteiger partial charge in [-0.3, -0.25) is 14.4 Å². The molecule has 1 saturated heterocycles. The van der Waals surface area contributed by atoms with Gasteiger partial charge in [0, 0.05) is 31.2 Å². The lowest BCUT2D eigenvalue weighted by Gasteiger charge is -2.32. The number of likely N-dealkylation sites (N-methyl/N-ethyl adjacent to an activating group) is 1. The van der Waals surface area contributed by atoms with Gasteiger partial charge in [0.05, 0.1) is 24.1 Å². The van der Waals surface area contributed by atoms with Crippen LogP contribution in [0.3, 0.4) is 0 Å². The Hall–Kier alpha value is -1.99. The molecule has 0 atom stereocenters. The molecule has 1 aliphatic heterocycles. The van der Waals surface area contributed by atoms with Crippen molar-refractivity contribution in [2.75, 3.05) is 39.9 Å². The van der Waals surface area contributed by atoms with Crippen LogP contribution in [0.1, 0.15) is 19.8 Å². The lowest BCUT2D eigenvalue weighted by atomic mass is 9.97. The Balaban J connectivity index is 1.78. The summed E-state index contributed by atoms with van der Waals surface area (Å²) >= 11 is 11.9. The Bertz CT molecular complexity index is 720. The van der Waals surface area contributed by atoms with Crippen LogP contribution < -0.4 is 4.74 Å². The summed E-state index contributed by atoms with van der Waals surface area (Å²) < 4.78 is 10.4. The van der Waals surface area contributed by atoms with Crippen LogP contribution in [0.2, 0.25) is 10.0 Å². The van der Waals surface area contributed by atoms with Crippen LogP contribution in [0.4, 0.5) is 0 Å². The quantitative estimate of drug-likeness (QED) is 0.621. The SMILES string of the molecule is CCOC(=O)C1CCN(C(=O)CN(C)C(=O)COc2cc(Cl)ccc2Cl)CC1. The van der Waals surface area contributed by atoms with E-state index in [1.54, 1.807) is 24.0 Å². The number of rotatable bonds is 7. The Morgan fingerprint density at radius 3 is 2.54 bits per heavy atom. The van der Waals surface area contributed by atoms with E-state index >= 15 is 0 Å². The summed E-state index contributed by atoms with van der Waals surface area (Å²) in [5, 5.41) is 0.794. The first-order valence-electron chi connectivity index (χ1n) is 9.08. The van der Waals surface area contributed by atoms with Crippen molar-refractivity contribution in [2.24, 2.45) is 5.92 Å². The smallest absolute Gasteiger partial charge is 0.309 e. The molecule has 0 N–H and O–H groups in total. The number of nitrogens with zero attached hydrogens (tertiary/aromatic N) is 2. The van der Waals surface area contributed by atoms with Gasteiger partial charge in [-0.2, -0.15) is 0 Å². The maximum Gasteiger partial charge on any atom is 0.309 e. The zero-order valence-electron chi connectivity index (χ0n) is 16.0. The Morgan fingerprint density at radius 2 is 1.89 bits per heavy atom. The normalized spacial score (nSPS) is 14.5. The second-order valence-corrected chi connectivity index (χ2v) is 7.36. The molecular formula is C19H24Cl2N2O5. The molecular weight excluding hydrogens is 407 g/mol. The van der Waals surface area contributed by atoms with Crippen molar-refractivity contribution in [3.05, 3.63) is 28.2 Å². The molecule has 1 aromatic rings. The van der Waals surface area contributed by atoms with E-state index in [1.807, 2.05) is 0 Å². The van der Waals surface area contributed by atoms with Crippen LogP contribution in [0.15, 0.2) is 18.2 Å². The minimum Gasteiger partial charge on any atom is -0.482 e. The Kier molecular flexibility index (Phi) is 8.38. The molecule has 0 aliphatic carbocycles. The van der Waals surface area contributed by atoms with Gasteiger partial charge in [0.1, 0.15) is 5.75 Å². The van der Waals surface area contributed by atoms with E-state index in [2.05, 4.69) is 0 Å². The second kappa shape index (κ2) is 10.5. The molecule has 0 saturated carbocycles. The van der Waals surface area contributed by atoms with Crippen LogP contribution in [-0.2, 0) is 19.1 Å². The van der Waals surface area contributed by atoms with Crippen molar-refractivity contribution in [2.45, 2.75) is 19.8 Å². The summed E-state index contributed by atoms with van der Waals surface area (Å²) in [5.74, 6) is -0.592. The molecule has 154 valence electrons. The Labute approximate surface area is 174 Å². The summed E-state index contributed by atoms with van der Waals surface area (Å²) in [4.78, 5) is 39.4. The molecule has 2 rings (SSSR count). The second-order valence-electron chi connectivity index (χ2n) is 6.52. The van der Waals surface area contributed by atoms with Crippen LogP contribution in [0.25, 0.3) is 0 Å². The third-order valence-corrected chi connectivity index (χ3v) is 5.06. The summed E-state index contributed by atoms with van der Waals surface area (Å²) in [6.45, 7) is 2.75. The number of esters is 1. The molecule has 1 heterocycles. The number of ether oxygens (including phenoxy) is 2. The predicted octanol–water partition coefficient (Wildman–Crippen LogP) is 2.63. The fraction of sp³-hybridized carbons (Fsp3) is 0.526. The molecule has 0 spiro atoms. The maximum absolute atomic E-state index is 12.4. The average molecular weight is 431 g/mol. The minimum atomic E-state index is -0.356. The monoisotopic (exact) mass is 430 g/mol. The van der Waals surface area contributed by atoms with E-state index in [1.165, 1.54) is 18.0 Å². The molecule has 0 radical (unpaired) electrons. The number of benzene rings is 1.